The van der Waals surface area contributed by atoms with Crippen LogP contribution in [0.4, 0.5) is 0 Å². The van der Waals surface area contributed by atoms with Gasteiger partial charge in [-0.1, -0.05) is 0 Å². The predicted molar refractivity (Wildman–Crippen MR) is 130 cm³/mol. The number of rotatable bonds is 1. The number of aromatic amines is 2. The number of aromatic hydroxyl groups is 4. The summed E-state index contributed by atoms with van der Waals surface area (Å²) in [5.41, 5.74) is 6.67. The predicted octanol–water partition coefficient (Wildman–Crippen LogP) is 4.90. The molecule has 0 aliphatic carbocycles. The van der Waals surface area contributed by atoms with Crippen LogP contribution < -0.4 is 0 Å². The van der Waals surface area contributed by atoms with E-state index in [-0.39, 0.29) is 5.56 Å². The summed E-state index contributed by atoms with van der Waals surface area (Å²) in [6, 6.07) is 16.4. The Morgan fingerprint density at radius 3 is 1.74 bits per heavy atom. The van der Waals surface area contributed by atoms with E-state index in [0.717, 1.165) is 33.5 Å². The highest BCUT2D eigenvalue weighted by molar-refractivity contribution is 5.96. The highest BCUT2D eigenvalue weighted by Crippen LogP contribution is 2.47. The summed E-state index contributed by atoms with van der Waals surface area (Å²) >= 11 is 0. The van der Waals surface area contributed by atoms with Gasteiger partial charge in [0.1, 0.15) is 0 Å². The molecule has 8 nitrogen and oxygen atoms in total. The second-order valence-electron chi connectivity index (χ2n) is 8.08. The van der Waals surface area contributed by atoms with Crippen LogP contribution in [0.15, 0.2) is 54.6 Å². The number of fused-ring (bicyclic) bond motifs is 8. The normalized spacial score (nSPS) is 12.6. The quantitative estimate of drug-likeness (QED) is 0.156. The zero-order valence-corrected chi connectivity index (χ0v) is 17.6. The molecule has 8 bridgehead atoms. The SMILES string of the molecule is Oc1cc(C2=Cc3cc4ccc(cc5nc(cc6ccc(cc2n3)[nH]6)C=C5)[nH]4)c(O)c(O)c1O. The second kappa shape index (κ2) is 7.28. The van der Waals surface area contributed by atoms with Crippen molar-refractivity contribution >= 4 is 45.9 Å². The molecule has 34 heavy (non-hydrogen) atoms. The fraction of sp³-hybridized carbons (Fsp3) is 0. The Kier molecular flexibility index (Phi) is 4.21. The van der Waals surface area contributed by atoms with Crippen molar-refractivity contribution < 1.29 is 20.4 Å². The van der Waals surface area contributed by atoms with Crippen LogP contribution in [0.25, 0.3) is 45.9 Å². The molecule has 2 aliphatic heterocycles. The molecule has 0 spiro atoms. The van der Waals surface area contributed by atoms with Gasteiger partial charge in [-0.05, 0) is 72.8 Å². The molecule has 6 N–H and O–H groups in total. The summed E-state index contributed by atoms with van der Waals surface area (Å²) in [4.78, 5) is 15.9. The highest BCUT2D eigenvalue weighted by atomic mass is 16.3. The van der Waals surface area contributed by atoms with E-state index in [9.17, 15) is 20.4 Å². The zero-order chi connectivity index (χ0) is 23.4. The number of H-pyrrole nitrogens is 2. The third kappa shape index (κ3) is 3.34. The van der Waals surface area contributed by atoms with E-state index < -0.39 is 23.0 Å². The minimum atomic E-state index is -0.797. The molecule has 4 aromatic rings. The highest BCUT2D eigenvalue weighted by Gasteiger charge is 2.22. The van der Waals surface area contributed by atoms with Gasteiger partial charge in [-0.2, -0.15) is 0 Å². The summed E-state index contributed by atoms with van der Waals surface area (Å²) < 4.78 is 0. The lowest BCUT2D eigenvalue weighted by Crippen LogP contribution is -1.88. The summed E-state index contributed by atoms with van der Waals surface area (Å²) in [5, 5.41) is 40.4. The van der Waals surface area contributed by atoms with Crippen LogP contribution in [0.2, 0.25) is 0 Å². The Hall–Kier alpha value is -4.98. The average molecular weight is 450 g/mol. The summed E-state index contributed by atoms with van der Waals surface area (Å²) in [6.07, 6.45) is 5.63. The van der Waals surface area contributed by atoms with E-state index in [1.54, 1.807) is 12.1 Å². The number of nitrogens with zero attached hydrogens (tertiary/aromatic N) is 2. The fourth-order valence-electron chi connectivity index (χ4n) is 4.07. The molecule has 166 valence electrons. The van der Waals surface area contributed by atoms with Gasteiger partial charge in [-0.15, -0.1) is 0 Å². The van der Waals surface area contributed by atoms with E-state index in [1.807, 2.05) is 54.6 Å². The molecule has 3 aromatic heterocycles. The molecule has 0 fully saturated rings. The van der Waals surface area contributed by atoms with E-state index in [4.69, 9.17) is 4.98 Å². The van der Waals surface area contributed by atoms with Crippen molar-refractivity contribution in [2.75, 3.05) is 0 Å². The smallest absolute Gasteiger partial charge is 0.204 e. The van der Waals surface area contributed by atoms with Crippen molar-refractivity contribution in [1.82, 2.24) is 19.9 Å². The largest absolute Gasteiger partial charge is 0.504 e. The molecule has 0 unspecified atom stereocenters. The van der Waals surface area contributed by atoms with Crippen LogP contribution in [0, 0.1) is 0 Å². The second-order valence-corrected chi connectivity index (χ2v) is 8.08. The molecule has 8 heteroatoms. The molecule has 0 radical (unpaired) electrons. The van der Waals surface area contributed by atoms with Crippen molar-refractivity contribution in [3.05, 3.63) is 82.9 Å². The number of aromatic nitrogens is 4. The maximum Gasteiger partial charge on any atom is 0.204 e. The number of benzene rings is 1. The van der Waals surface area contributed by atoms with Gasteiger partial charge >= 0.3 is 0 Å². The Morgan fingerprint density at radius 1 is 0.559 bits per heavy atom. The monoisotopic (exact) mass is 450 g/mol. The third-order valence-corrected chi connectivity index (χ3v) is 5.68. The maximum absolute atomic E-state index is 10.5. The molecule has 5 heterocycles. The minimum Gasteiger partial charge on any atom is -0.504 e. The first-order chi connectivity index (χ1) is 16.4. The molecule has 1 aromatic carbocycles. The maximum atomic E-state index is 10.5. The first-order valence-corrected chi connectivity index (χ1v) is 10.5. The van der Waals surface area contributed by atoms with Gasteiger partial charge in [0.25, 0.3) is 0 Å². The fourth-order valence-corrected chi connectivity index (χ4v) is 4.07. The van der Waals surface area contributed by atoms with Crippen LogP contribution in [0.5, 0.6) is 23.0 Å². The molecule has 2 aliphatic rings. The number of nitrogens with one attached hydrogen (secondary N) is 2. The lowest BCUT2D eigenvalue weighted by molar-refractivity contribution is 0.345. The van der Waals surface area contributed by atoms with E-state index in [2.05, 4.69) is 15.0 Å². The number of hydrogen-bond donors (Lipinski definition) is 6. The van der Waals surface area contributed by atoms with Crippen molar-refractivity contribution in [2.24, 2.45) is 0 Å². The molecule has 0 saturated carbocycles. The van der Waals surface area contributed by atoms with Crippen molar-refractivity contribution in [2.45, 2.75) is 0 Å². The Balaban J connectivity index is 1.65. The van der Waals surface area contributed by atoms with E-state index in [0.29, 0.717) is 17.0 Å². The first-order valence-electron chi connectivity index (χ1n) is 10.5. The lowest BCUT2D eigenvalue weighted by atomic mass is 10.0. The third-order valence-electron chi connectivity index (χ3n) is 5.68. The summed E-state index contributed by atoms with van der Waals surface area (Å²) in [7, 11) is 0. The van der Waals surface area contributed by atoms with Crippen LogP contribution in [0.1, 0.15) is 28.3 Å². The van der Waals surface area contributed by atoms with Crippen molar-refractivity contribution in [3.63, 3.8) is 0 Å². The summed E-state index contributed by atoms with van der Waals surface area (Å²) in [5.74, 6) is -2.69. The standard InChI is InChI=1S/C26H18N4O4/c31-23-12-21(24(32)26(34)25(23)33)20-10-19-9-17-4-3-15(28-17)7-13-1-2-14(27-13)8-16-5-6-18(29-16)11-22(20)30-19/h1-12,28-29,31-34H. The van der Waals surface area contributed by atoms with Gasteiger partial charge in [0.2, 0.25) is 11.5 Å². The zero-order valence-electron chi connectivity index (χ0n) is 17.6. The van der Waals surface area contributed by atoms with Crippen LogP contribution >= 0.6 is 0 Å². The summed E-state index contributed by atoms with van der Waals surface area (Å²) in [6.45, 7) is 0. The lowest BCUT2D eigenvalue weighted by Gasteiger charge is -2.10. The molecule has 0 saturated heterocycles. The van der Waals surface area contributed by atoms with Gasteiger partial charge < -0.3 is 30.4 Å². The number of phenolic OH excluding ortho intramolecular Hbond substituents is 4. The minimum absolute atomic E-state index is 0.135. The molecular formula is C26H18N4O4. The Bertz CT molecular complexity index is 1710. The molecule has 6 rings (SSSR count). The van der Waals surface area contributed by atoms with Gasteiger partial charge in [-0.3, -0.25) is 0 Å². The van der Waals surface area contributed by atoms with Crippen molar-refractivity contribution in [3.8, 4) is 23.0 Å². The molecular weight excluding hydrogens is 432 g/mol. The first kappa shape index (κ1) is 19.7. The Morgan fingerprint density at radius 2 is 1.12 bits per heavy atom. The van der Waals surface area contributed by atoms with E-state index >= 15 is 0 Å². The molecule has 0 atom stereocenters. The Labute approximate surface area is 192 Å². The van der Waals surface area contributed by atoms with Gasteiger partial charge in [0.05, 0.1) is 22.8 Å². The molecule has 0 amide bonds. The number of phenols is 4. The van der Waals surface area contributed by atoms with Gasteiger partial charge in [0.15, 0.2) is 11.5 Å². The topological polar surface area (TPSA) is 138 Å². The van der Waals surface area contributed by atoms with Crippen LogP contribution in [0.3, 0.4) is 0 Å². The van der Waals surface area contributed by atoms with E-state index in [1.165, 1.54) is 6.07 Å². The van der Waals surface area contributed by atoms with Crippen molar-refractivity contribution in [1.29, 1.82) is 0 Å². The van der Waals surface area contributed by atoms with Gasteiger partial charge in [-0.25, -0.2) is 9.97 Å². The van der Waals surface area contributed by atoms with Gasteiger partial charge in [0, 0.05) is 33.2 Å². The average Bonchev–Trinajstić information content (AvgIpc) is 3.60. The number of hydrogen-bond acceptors (Lipinski definition) is 6. The van der Waals surface area contributed by atoms with Crippen LogP contribution in [-0.2, 0) is 0 Å². The van der Waals surface area contributed by atoms with Crippen LogP contribution in [-0.4, -0.2) is 40.4 Å².